The Kier molecular flexibility index (Phi) is 4.94. The molecule has 0 amide bonds. The number of rotatable bonds is 4. The standard InChI is InChI=1S/C13H27N/c1-5-13(10(2)3)11-6-8-12(14-4)9-7-11/h10-14H,5-9H2,1-4H3. The minimum absolute atomic E-state index is 0.802. The summed E-state index contributed by atoms with van der Waals surface area (Å²) in [6.45, 7) is 7.13. The third-order valence-electron chi connectivity index (χ3n) is 4.11. The first-order valence-corrected chi connectivity index (χ1v) is 6.36. The second-order valence-corrected chi connectivity index (χ2v) is 5.22. The van der Waals surface area contributed by atoms with Gasteiger partial charge in [0.05, 0.1) is 0 Å². The van der Waals surface area contributed by atoms with Crippen LogP contribution in [0.3, 0.4) is 0 Å². The van der Waals surface area contributed by atoms with Gasteiger partial charge in [-0.25, -0.2) is 0 Å². The SMILES string of the molecule is CCC(C(C)C)C1CCC(NC)CC1. The molecule has 1 rings (SSSR count). The molecule has 0 aromatic rings. The lowest BCUT2D eigenvalue weighted by atomic mass is 9.73. The fraction of sp³-hybridized carbons (Fsp3) is 1.00. The normalized spacial score (nSPS) is 30.6. The second-order valence-electron chi connectivity index (χ2n) is 5.22. The second kappa shape index (κ2) is 5.75. The van der Waals surface area contributed by atoms with Gasteiger partial charge in [0.15, 0.2) is 0 Å². The van der Waals surface area contributed by atoms with E-state index in [0.717, 1.165) is 23.8 Å². The van der Waals surface area contributed by atoms with Crippen molar-refractivity contribution in [2.24, 2.45) is 17.8 Å². The Morgan fingerprint density at radius 1 is 1.14 bits per heavy atom. The van der Waals surface area contributed by atoms with Crippen molar-refractivity contribution < 1.29 is 0 Å². The van der Waals surface area contributed by atoms with Gasteiger partial charge in [-0.2, -0.15) is 0 Å². The van der Waals surface area contributed by atoms with Gasteiger partial charge in [-0.1, -0.05) is 27.2 Å². The summed E-state index contributed by atoms with van der Waals surface area (Å²) in [7, 11) is 2.10. The zero-order valence-corrected chi connectivity index (χ0v) is 10.3. The van der Waals surface area contributed by atoms with Crippen LogP contribution in [0.25, 0.3) is 0 Å². The molecule has 0 aromatic heterocycles. The van der Waals surface area contributed by atoms with Crippen LogP contribution in [0.5, 0.6) is 0 Å². The van der Waals surface area contributed by atoms with Gasteiger partial charge in [0.1, 0.15) is 0 Å². The van der Waals surface area contributed by atoms with E-state index in [1.165, 1.54) is 32.1 Å². The summed E-state index contributed by atoms with van der Waals surface area (Å²) in [6, 6.07) is 0.802. The summed E-state index contributed by atoms with van der Waals surface area (Å²) < 4.78 is 0. The lowest BCUT2D eigenvalue weighted by Gasteiger charge is -2.35. The van der Waals surface area contributed by atoms with Crippen LogP contribution >= 0.6 is 0 Å². The molecule has 1 fully saturated rings. The molecule has 1 aliphatic carbocycles. The Labute approximate surface area is 89.7 Å². The average molecular weight is 197 g/mol. The Hall–Kier alpha value is -0.0400. The van der Waals surface area contributed by atoms with Crippen molar-refractivity contribution >= 4 is 0 Å². The van der Waals surface area contributed by atoms with Crippen molar-refractivity contribution in [1.29, 1.82) is 0 Å². The quantitative estimate of drug-likeness (QED) is 0.728. The van der Waals surface area contributed by atoms with Crippen molar-refractivity contribution in [3.63, 3.8) is 0 Å². The van der Waals surface area contributed by atoms with Crippen molar-refractivity contribution in [3.05, 3.63) is 0 Å². The van der Waals surface area contributed by atoms with Crippen LogP contribution in [0.4, 0.5) is 0 Å². The van der Waals surface area contributed by atoms with Crippen LogP contribution in [0.15, 0.2) is 0 Å². The molecule has 1 saturated carbocycles. The van der Waals surface area contributed by atoms with Gasteiger partial charge in [0.2, 0.25) is 0 Å². The van der Waals surface area contributed by atoms with E-state index in [2.05, 4.69) is 33.1 Å². The molecule has 0 heterocycles. The molecule has 84 valence electrons. The molecule has 14 heavy (non-hydrogen) atoms. The van der Waals surface area contributed by atoms with Crippen molar-refractivity contribution in [2.45, 2.75) is 58.9 Å². The van der Waals surface area contributed by atoms with Gasteiger partial charge in [0.25, 0.3) is 0 Å². The Morgan fingerprint density at radius 3 is 2.07 bits per heavy atom. The summed E-state index contributed by atoms with van der Waals surface area (Å²) in [4.78, 5) is 0. The Morgan fingerprint density at radius 2 is 1.71 bits per heavy atom. The highest BCUT2D eigenvalue weighted by Gasteiger charge is 2.27. The predicted molar refractivity (Wildman–Crippen MR) is 63.4 cm³/mol. The third-order valence-corrected chi connectivity index (χ3v) is 4.11. The summed E-state index contributed by atoms with van der Waals surface area (Å²) in [5.41, 5.74) is 0. The third kappa shape index (κ3) is 2.98. The van der Waals surface area contributed by atoms with Gasteiger partial charge < -0.3 is 5.32 Å². The van der Waals surface area contributed by atoms with Gasteiger partial charge in [0, 0.05) is 6.04 Å². The Balaban J connectivity index is 2.39. The monoisotopic (exact) mass is 197 g/mol. The molecule has 0 aromatic carbocycles. The van der Waals surface area contributed by atoms with Crippen molar-refractivity contribution in [2.75, 3.05) is 7.05 Å². The molecular formula is C13H27N. The molecule has 1 aliphatic rings. The maximum Gasteiger partial charge on any atom is 0.00642 e. The molecule has 1 nitrogen and oxygen atoms in total. The topological polar surface area (TPSA) is 12.0 Å². The van der Waals surface area contributed by atoms with Crippen LogP contribution in [-0.4, -0.2) is 13.1 Å². The largest absolute Gasteiger partial charge is 0.317 e. The van der Waals surface area contributed by atoms with Gasteiger partial charge in [-0.15, -0.1) is 0 Å². The van der Waals surface area contributed by atoms with Gasteiger partial charge in [-0.3, -0.25) is 0 Å². The molecule has 0 saturated heterocycles. The fourth-order valence-electron chi connectivity index (χ4n) is 3.19. The molecule has 1 atom stereocenters. The van der Waals surface area contributed by atoms with Crippen molar-refractivity contribution in [3.8, 4) is 0 Å². The number of nitrogens with one attached hydrogen (secondary N) is 1. The number of hydrogen-bond donors (Lipinski definition) is 1. The molecule has 0 bridgehead atoms. The first kappa shape index (κ1) is 12.0. The first-order valence-electron chi connectivity index (χ1n) is 6.36. The van der Waals surface area contributed by atoms with Crippen LogP contribution < -0.4 is 5.32 Å². The fourth-order valence-corrected chi connectivity index (χ4v) is 3.19. The summed E-state index contributed by atoms with van der Waals surface area (Å²) in [5.74, 6) is 2.84. The van der Waals surface area contributed by atoms with E-state index in [4.69, 9.17) is 0 Å². The van der Waals surface area contributed by atoms with E-state index < -0.39 is 0 Å². The zero-order valence-electron chi connectivity index (χ0n) is 10.3. The van der Waals surface area contributed by atoms with Gasteiger partial charge in [-0.05, 0) is 50.5 Å². The lowest BCUT2D eigenvalue weighted by Crippen LogP contribution is -2.33. The predicted octanol–water partition coefficient (Wildman–Crippen LogP) is 3.45. The molecule has 1 N–H and O–H groups in total. The maximum absolute atomic E-state index is 3.41. The molecule has 0 radical (unpaired) electrons. The molecule has 1 unspecified atom stereocenters. The van der Waals surface area contributed by atoms with E-state index in [9.17, 15) is 0 Å². The highest BCUT2D eigenvalue weighted by molar-refractivity contribution is 4.81. The smallest absolute Gasteiger partial charge is 0.00642 e. The zero-order chi connectivity index (χ0) is 10.6. The summed E-state index contributed by atoms with van der Waals surface area (Å²) in [6.07, 6.45) is 7.05. The summed E-state index contributed by atoms with van der Waals surface area (Å²) in [5, 5.41) is 3.41. The molecule has 0 spiro atoms. The average Bonchev–Trinajstić information content (AvgIpc) is 2.19. The molecule has 1 heteroatoms. The number of hydrogen-bond acceptors (Lipinski definition) is 1. The van der Waals surface area contributed by atoms with E-state index in [-0.39, 0.29) is 0 Å². The van der Waals surface area contributed by atoms with Crippen LogP contribution in [0.2, 0.25) is 0 Å². The van der Waals surface area contributed by atoms with Crippen molar-refractivity contribution in [1.82, 2.24) is 5.32 Å². The van der Waals surface area contributed by atoms with E-state index in [1.54, 1.807) is 0 Å². The first-order chi connectivity index (χ1) is 6.69. The van der Waals surface area contributed by atoms with Gasteiger partial charge >= 0.3 is 0 Å². The summed E-state index contributed by atoms with van der Waals surface area (Å²) >= 11 is 0. The van der Waals surface area contributed by atoms with E-state index >= 15 is 0 Å². The van der Waals surface area contributed by atoms with Crippen LogP contribution in [0, 0.1) is 17.8 Å². The highest BCUT2D eigenvalue weighted by Crippen LogP contribution is 2.35. The minimum Gasteiger partial charge on any atom is -0.317 e. The molecule has 0 aliphatic heterocycles. The van der Waals surface area contributed by atoms with E-state index in [0.29, 0.717) is 0 Å². The maximum atomic E-state index is 3.41. The minimum atomic E-state index is 0.802. The van der Waals surface area contributed by atoms with Crippen LogP contribution in [0.1, 0.15) is 52.9 Å². The highest BCUT2D eigenvalue weighted by atomic mass is 14.9. The Bertz CT molecular complexity index is 145. The van der Waals surface area contributed by atoms with Crippen LogP contribution in [-0.2, 0) is 0 Å². The molecular weight excluding hydrogens is 170 g/mol. The van der Waals surface area contributed by atoms with E-state index in [1.807, 2.05) is 0 Å². The lowest BCUT2D eigenvalue weighted by molar-refractivity contribution is 0.174.